The molecule has 0 saturated carbocycles. The van der Waals surface area contributed by atoms with Gasteiger partial charge in [-0.1, -0.05) is 49.4 Å². The molecule has 5 heteroatoms. The third-order valence-electron chi connectivity index (χ3n) is 3.92. The molecule has 4 nitrogen and oxygen atoms in total. The number of hydrazone groups is 1. The van der Waals surface area contributed by atoms with Crippen LogP contribution in [0.5, 0.6) is 0 Å². The number of ether oxygens (including phenoxy) is 1. The van der Waals surface area contributed by atoms with Crippen LogP contribution in [0.3, 0.4) is 0 Å². The first kappa shape index (κ1) is 15.6. The Balaban J connectivity index is 1.57. The molecular weight excluding hydrogens is 294 g/mol. The van der Waals surface area contributed by atoms with Crippen molar-refractivity contribution in [2.75, 3.05) is 18.9 Å². The Morgan fingerprint density at radius 2 is 2.23 bits per heavy atom. The molecule has 3 rings (SSSR count). The number of aryl methyl sites for hydroxylation is 1. The smallest absolute Gasteiger partial charge is 0.177 e. The lowest BCUT2D eigenvalue weighted by molar-refractivity contribution is 0.118. The highest BCUT2D eigenvalue weighted by molar-refractivity contribution is 8.14. The molecule has 0 aliphatic carbocycles. The van der Waals surface area contributed by atoms with Crippen LogP contribution < -0.4 is 5.43 Å². The SMILES string of the molecule is CCCc1ccc(C2=NNC(=NC[C@H]3CCCO3)SC2)cc1. The zero-order valence-corrected chi connectivity index (χ0v) is 13.9. The van der Waals surface area contributed by atoms with Crippen LogP contribution in [-0.4, -0.2) is 35.9 Å². The van der Waals surface area contributed by atoms with Gasteiger partial charge in [0.15, 0.2) is 5.17 Å². The average Bonchev–Trinajstić information content (AvgIpc) is 3.08. The van der Waals surface area contributed by atoms with E-state index in [1.54, 1.807) is 11.8 Å². The van der Waals surface area contributed by atoms with Gasteiger partial charge in [0.2, 0.25) is 0 Å². The van der Waals surface area contributed by atoms with Gasteiger partial charge in [0.05, 0.1) is 18.4 Å². The fraction of sp³-hybridized carbons (Fsp3) is 0.529. The Bertz CT molecular complexity index is 548. The van der Waals surface area contributed by atoms with Gasteiger partial charge < -0.3 is 4.74 Å². The second-order valence-electron chi connectivity index (χ2n) is 5.69. The molecular formula is C17H23N3OS. The summed E-state index contributed by atoms with van der Waals surface area (Å²) in [5.41, 5.74) is 6.75. The van der Waals surface area contributed by atoms with Crippen molar-refractivity contribution in [3.05, 3.63) is 35.4 Å². The lowest BCUT2D eigenvalue weighted by atomic mass is 10.1. The van der Waals surface area contributed by atoms with Gasteiger partial charge in [0, 0.05) is 12.4 Å². The first-order valence-corrected chi connectivity index (χ1v) is 9.04. The number of rotatable bonds is 5. The van der Waals surface area contributed by atoms with Crippen LogP contribution in [0.4, 0.5) is 0 Å². The quantitative estimate of drug-likeness (QED) is 0.907. The fourth-order valence-corrected chi connectivity index (χ4v) is 3.45. The molecule has 2 aliphatic rings. The third kappa shape index (κ3) is 4.11. The predicted octanol–water partition coefficient (Wildman–Crippen LogP) is 3.21. The molecule has 1 aromatic rings. The number of nitrogens with one attached hydrogen (secondary N) is 1. The maximum atomic E-state index is 5.59. The summed E-state index contributed by atoms with van der Waals surface area (Å²) < 4.78 is 5.59. The molecule has 0 amide bonds. The highest BCUT2D eigenvalue weighted by Gasteiger charge is 2.17. The molecule has 0 aromatic heterocycles. The van der Waals surface area contributed by atoms with Crippen LogP contribution >= 0.6 is 11.8 Å². The maximum absolute atomic E-state index is 5.59. The molecule has 0 radical (unpaired) electrons. The highest BCUT2D eigenvalue weighted by Crippen LogP contribution is 2.17. The van der Waals surface area contributed by atoms with Crippen LogP contribution in [0.25, 0.3) is 0 Å². The van der Waals surface area contributed by atoms with Crippen molar-refractivity contribution in [3.8, 4) is 0 Å². The summed E-state index contributed by atoms with van der Waals surface area (Å²) in [6.07, 6.45) is 4.90. The van der Waals surface area contributed by atoms with Gasteiger partial charge in [-0.25, -0.2) is 0 Å². The van der Waals surface area contributed by atoms with E-state index < -0.39 is 0 Å². The Labute approximate surface area is 136 Å². The number of benzene rings is 1. The van der Waals surface area contributed by atoms with Crippen molar-refractivity contribution in [2.45, 2.75) is 38.7 Å². The summed E-state index contributed by atoms with van der Waals surface area (Å²) in [6.45, 7) is 3.83. The van der Waals surface area contributed by atoms with Crippen molar-refractivity contribution >= 4 is 22.6 Å². The maximum Gasteiger partial charge on any atom is 0.177 e. The molecule has 2 aliphatic heterocycles. The van der Waals surface area contributed by atoms with Gasteiger partial charge in [-0.3, -0.25) is 10.4 Å². The van der Waals surface area contributed by atoms with Gasteiger partial charge >= 0.3 is 0 Å². The van der Waals surface area contributed by atoms with E-state index >= 15 is 0 Å². The molecule has 0 bridgehead atoms. The van der Waals surface area contributed by atoms with Gasteiger partial charge in [0.1, 0.15) is 0 Å². The summed E-state index contributed by atoms with van der Waals surface area (Å²) in [7, 11) is 0. The normalized spacial score (nSPS) is 23.4. The second kappa shape index (κ2) is 7.79. The summed E-state index contributed by atoms with van der Waals surface area (Å²) in [5, 5.41) is 5.38. The van der Waals surface area contributed by atoms with E-state index in [1.165, 1.54) is 17.5 Å². The van der Waals surface area contributed by atoms with Crippen LogP contribution in [-0.2, 0) is 11.2 Å². The van der Waals surface area contributed by atoms with Gasteiger partial charge in [-0.05, 0) is 30.4 Å². The van der Waals surface area contributed by atoms with Crippen LogP contribution in [0, 0.1) is 0 Å². The van der Waals surface area contributed by atoms with Crippen LogP contribution in [0.15, 0.2) is 34.4 Å². The summed E-state index contributed by atoms with van der Waals surface area (Å²) in [6, 6.07) is 8.74. The van der Waals surface area contributed by atoms with Crippen molar-refractivity contribution in [2.24, 2.45) is 10.1 Å². The molecule has 0 unspecified atom stereocenters. The molecule has 1 aromatic carbocycles. The summed E-state index contributed by atoms with van der Waals surface area (Å²) in [5.74, 6) is 0.866. The first-order valence-electron chi connectivity index (χ1n) is 8.06. The second-order valence-corrected chi connectivity index (χ2v) is 6.65. The number of nitrogens with zero attached hydrogens (tertiary/aromatic N) is 2. The molecule has 1 N–H and O–H groups in total. The van der Waals surface area contributed by atoms with E-state index in [1.807, 2.05) is 0 Å². The number of amidine groups is 1. The molecule has 0 spiro atoms. The first-order chi connectivity index (χ1) is 10.8. The lowest BCUT2D eigenvalue weighted by Gasteiger charge is -2.16. The Hall–Kier alpha value is -1.33. The van der Waals surface area contributed by atoms with E-state index in [-0.39, 0.29) is 0 Å². The number of hydrogen-bond donors (Lipinski definition) is 1. The third-order valence-corrected chi connectivity index (χ3v) is 4.83. The van der Waals surface area contributed by atoms with Gasteiger partial charge in [-0.2, -0.15) is 5.10 Å². The molecule has 2 heterocycles. The largest absolute Gasteiger partial charge is 0.376 e. The molecule has 118 valence electrons. The molecule has 1 saturated heterocycles. The van der Waals surface area contributed by atoms with Gasteiger partial charge in [0.25, 0.3) is 0 Å². The van der Waals surface area contributed by atoms with E-state index in [0.717, 1.165) is 49.0 Å². The van der Waals surface area contributed by atoms with Crippen molar-refractivity contribution < 1.29 is 4.74 Å². The van der Waals surface area contributed by atoms with E-state index in [0.29, 0.717) is 6.10 Å². The topological polar surface area (TPSA) is 46.0 Å². The van der Waals surface area contributed by atoms with Crippen molar-refractivity contribution in [3.63, 3.8) is 0 Å². The standard InChI is InChI=1S/C17H23N3OS/c1-2-4-13-6-8-14(9-7-13)16-12-22-17(20-19-16)18-11-15-5-3-10-21-15/h6-9,15H,2-5,10-12H2,1H3,(H,18,20)/t15-/m1/s1. The van der Waals surface area contributed by atoms with Crippen LogP contribution in [0.1, 0.15) is 37.3 Å². The van der Waals surface area contributed by atoms with Crippen LogP contribution in [0.2, 0.25) is 0 Å². The van der Waals surface area contributed by atoms with Crippen molar-refractivity contribution in [1.29, 1.82) is 0 Å². The van der Waals surface area contributed by atoms with E-state index in [9.17, 15) is 0 Å². The minimum absolute atomic E-state index is 0.298. The van der Waals surface area contributed by atoms with Crippen molar-refractivity contribution in [1.82, 2.24) is 5.43 Å². The minimum atomic E-state index is 0.298. The zero-order chi connectivity index (χ0) is 15.2. The zero-order valence-electron chi connectivity index (χ0n) is 13.0. The fourth-order valence-electron chi connectivity index (χ4n) is 2.67. The number of aliphatic imine (C=N–C) groups is 1. The number of thioether (sulfide) groups is 1. The lowest BCUT2D eigenvalue weighted by Crippen LogP contribution is -2.26. The molecule has 22 heavy (non-hydrogen) atoms. The highest BCUT2D eigenvalue weighted by atomic mass is 32.2. The Kier molecular flexibility index (Phi) is 5.51. The number of hydrogen-bond acceptors (Lipinski definition) is 4. The van der Waals surface area contributed by atoms with E-state index in [2.05, 4.69) is 46.7 Å². The Morgan fingerprint density at radius 3 is 2.86 bits per heavy atom. The molecule has 1 atom stereocenters. The van der Waals surface area contributed by atoms with Gasteiger partial charge in [-0.15, -0.1) is 0 Å². The predicted molar refractivity (Wildman–Crippen MR) is 93.8 cm³/mol. The molecule has 1 fully saturated rings. The summed E-state index contributed by atoms with van der Waals surface area (Å²) in [4.78, 5) is 4.57. The summed E-state index contributed by atoms with van der Waals surface area (Å²) >= 11 is 1.72. The Morgan fingerprint density at radius 1 is 1.36 bits per heavy atom. The average molecular weight is 317 g/mol. The monoisotopic (exact) mass is 317 g/mol. The minimum Gasteiger partial charge on any atom is -0.376 e. The van der Waals surface area contributed by atoms with E-state index in [4.69, 9.17) is 4.74 Å².